The third-order valence-electron chi connectivity index (χ3n) is 3.92. The molecule has 2 heterocycles. The third-order valence-corrected chi connectivity index (χ3v) is 5.62. The SMILES string of the molecule is O=C1CCCN1C[C@H](NCc1cc(Br)cs1)c1ccccc1. The standard InChI is InChI=1S/C17H19BrN2OS/c18-14-9-15(22-12-14)10-19-16(13-5-2-1-3-6-13)11-20-8-4-7-17(20)21/h1-3,5-6,9,12,16,19H,4,7-8,10-11H2/t16-/m0/s1. The molecular formula is C17H19BrN2OS. The second-order valence-electron chi connectivity index (χ2n) is 5.52. The zero-order valence-corrected chi connectivity index (χ0v) is 14.7. The number of rotatable bonds is 6. The van der Waals surface area contributed by atoms with Crippen LogP contribution < -0.4 is 5.32 Å². The molecular weight excluding hydrogens is 360 g/mol. The first-order valence-electron chi connectivity index (χ1n) is 7.51. The minimum atomic E-state index is 0.170. The lowest BCUT2D eigenvalue weighted by molar-refractivity contribution is -0.128. The zero-order valence-electron chi connectivity index (χ0n) is 12.3. The van der Waals surface area contributed by atoms with Crippen molar-refractivity contribution < 1.29 is 4.79 Å². The van der Waals surface area contributed by atoms with Gasteiger partial charge < -0.3 is 10.2 Å². The third kappa shape index (κ3) is 3.97. The number of likely N-dealkylation sites (tertiary alicyclic amines) is 1. The summed E-state index contributed by atoms with van der Waals surface area (Å²) < 4.78 is 1.13. The first-order chi connectivity index (χ1) is 10.7. The number of nitrogens with one attached hydrogen (secondary N) is 1. The Morgan fingerprint density at radius 2 is 2.14 bits per heavy atom. The van der Waals surface area contributed by atoms with Crippen molar-refractivity contribution >= 4 is 33.2 Å². The fourth-order valence-electron chi connectivity index (χ4n) is 2.76. The number of hydrogen-bond acceptors (Lipinski definition) is 3. The van der Waals surface area contributed by atoms with E-state index < -0.39 is 0 Å². The van der Waals surface area contributed by atoms with E-state index in [4.69, 9.17) is 0 Å². The van der Waals surface area contributed by atoms with Gasteiger partial charge in [-0.3, -0.25) is 4.79 Å². The molecule has 1 N–H and O–H groups in total. The molecule has 1 atom stereocenters. The normalized spacial score (nSPS) is 16.2. The summed E-state index contributed by atoms with van der Waals surface area (Å²) in [6.07, 6.45) is 1.68. The van der Waals surface area contributed by atoms with Gasteiger partial charge in [0, 0.05) is 40.8 Å². The number of halogens is 1. The van der Waals surface area contributed by atoms with Crippen molar-refractivity contribution in [2.45, 2.75) is 25.4 Å². The van der Waals surface area contributed by atoms with Gasteiger partial charge in [-0.25, -0.2) is 0 Å². The van der Waals surface area contributed by atoms with Crippen LogP contribution in [0.15, 0.2) is 46.3 Å². The Balaban J connectivity index is 1.69. The minimum absolute atomic E-state index is 0.170. The van der Waals surface area contributed by atoms with Gasteiger partial charge in [0.25, 0.3) is 0 Å². The topological polar surface area (TPSA) is 32.3 Å². The van der Waals surface area contributed by atoms with Crippen LogP contribution in [0.25, 0.3) is 0 Å². The number of hydrogen-bond donors (Lipinski definition) is 1. The van der Waals surface area contributed by atoms with Crippen molar-refractivity contribution in [1.82, 2.24) is 10.2 Å². The summed E-state index contributed by atoms with van der Waals surface area (Å²) in [7, 11) is 0. The first-order valence-corrected chi connectivity index (χ1v) is 9.18. The Bertz CT molecular complexity index is 629. The van der Waals surface area contributed by atoms with Crippen molar-refractivity contribution in [3.05, 3.63) is 56.7 Å². The summed E-state index contributed by atoms with van der Waals surface area (Å²) >= 11 is 5.23. The largest absolute Gasteiger partial charge is 0.341 e. The van der Waals surface area contributed by atoms with E-state index in [0.717, 1.165) is 30.5 Å². The van der Waals surface area contributed by atoms with E-state index in [2.05, 4.69) is 57.0 Å². The van der Waals surface area contributed by atoms with Gasteiger partial charge in [0.1, 0.15) is 0 Å². The summed E-state index contributed by atoms with van der Waals surface area (Å²) in [4.78, 5) is 15.2. The molecule has 1 aromatic heterocycles. The monoisotopic (exact) mass is 378 g/mol. The van der Waals surface area contributed by atoms with Crippen molar-refractivity contribution in [3.8, 4) is 0 Å². The van der Waals surface area contributed by atoms with Crippen LogP contribution in [0.2, 0.25) is 0 Å². The molecule has 3 nitrogen and oxygen atoms in total. The van der Waals surface area contributed by atoms with Crippen molar-refractivity contribution in [2.75, 3.05) is 13.1 Å². The van der Waals surface area contributed by atoms with E-state index in [0.29, 0.717) is 6.42 Å². The molecule has 1 amide bonds. The molecule has 1 aliphatic heterocycles. The second kappa shape index (κ2) is 7.40. The number of carbonyl (C=O) groups excluding carboxylic acids is 1. The predicted molar refractivity (Wildman–Crippen MR) is 93.9 cm³/mol. The molecule has 1 saturated heterocycles. The van der Waals surface area contributed by atoms with Gasteiger partial charge in [0.15, 0.2) is 0 Å². The summed E-state index contributed by atoms with van der Waals surface area (Å²) in [5.74, 6) is 0.279. The molecule has 5 heteroatoms. The molecule has 0 radical (unpaired) electrons. The highest BCUT2D eigenvalue weighted by molar-refractivity contribution is 9.10. The quantitative estimate of drug-likeness (QED) is 0.824. The minimum Gasteiger partial charge on any atom is -0.341 e. The summed E-state index contributed by atoms with van der Waals surface area (Å²) in [5.41, 5.74) is 1.23. The Hall–Kier alpha value is -1.17. The molecule has 0 bridgehead atoms. The second-order valence-corrected chi connectivity index (χ2v) is 7.43. The molecule has 0 spiro atoms. The van der Waals surface area contributed by atoms with E-state index in [1.807, 2.05) is 11.0 Å². The van der Waals surface area contributed by atoms with Gasteiger partial charge in [-0.05, 0) is 34.0 Å². The maximum absolute atomic E-state index is 11.9. The molecule has 22 heavy (non-hydrogen) atoms. The van der Waals surface area contributed by atoms with E-state index in [-0.39, 0.29) is 11.9 Å². The lowest BCUT2D eigenvalue weighted by Crippen LogP contribution is -2.35. The molecule has 2 aromatic rings. The molecule has 116 valence electrons. The van der Waals surface area contributed by atoms with Gasteiger partial charge >= 0.3 is 0 Å². The predicted octanol–water partition coefficient (Wildman–Crippen LogP) is 3.96. The zero-order chi connectivity index (χ0) is 15.4. The van der Waals surface area contributed by atoms with Crippen LogP contribution in [0.3, 0.4) is 0 Å². The Morgan fingerprint density at radius 3 is 2.77 bits per heavy atom. The molecule has 0 aliphatic carbocycles. The van der Waals surface area contributed by atoms with Crippen LogP contribution >= 0.6 is 27.3 Å². The van der Waals surface area contributed by atoms with Crippen LogP contribution in [0.5, 0.6) is 0 Å². The molecule has 1 fully saturated rings. The lowest BCUT2D eigenvalue weighted by Gasteiger charge is -2.25. The highest BCUT2D eigenvalue weighted by Gasteiger charge is 2.24. The number of benzene rings is 1. The van der Waals surface area contributed by atoms with Crippen LogP contribution in [0.1, 0.15) is 29.3 Å². The van der Waals surface area contributed by atoms with Gasteiger partial charge in [-0.1, -0.05) is 30.3 Å². The average Bonchev–Trinajstić information content (AvgIpc) is 3.13. The molecule has 1 aliphatic rings. The smallest absolute Gasteiger partial charge is 0.222 e. The van der Waals surface area contributed by atoms with E-state index in [1.54, 1.807) is 11.3 Å². The Morgan fingerprint density at radius 1 is 1.32 bits per heavy atom. The Kier molecular flexibility index (Phi) is 5.28. The van der Waals surface area contributed by atoms with Gasteiger partial charge in [-0.15, -0.1) is 11.3 Å². The number of amides is 1. The average molecular weight is 379 g/mol. The van der Waals surface area contributed by atoms with Crippen LogP contribution in [-0.2, 0) is 11.3 Å². The maximum Gasteiger partial charge on any atom is 0.222 e. The van der Waals surface area contributed by atoms with Crippen LogP contribution in [-0.4, -0.2) is 23.9 Å². The van der Waals surface area contributed by atoms with Crippen molar-refractivity contribution in [3.63, 3.8) is 0 Å². The molecule has 0 saturated carbocycles. The number of nitrogens with zero attached hydrogens (tertiary/aromatic N) is 1. The van der Waals surface area contributed by atoms with Gasteiger partial charge in [0.2, 0.25) is 5.91 Å². The van der Waals surface area contributed by atoms with Gasteiger partial charge in [-0.2, -0.15) is 0 Å². The van der Waals surface area contributed by atoms with E-state index >= 15 is 0 Å². The fourth-order valence-corrected chi connectivity index (χ4v) is 4.16. The molecule has 3 rings (SSSR count). The molecule has 1 aromatic carbocycles. The van der Waals surface area contributed by atoms with Gasteiger partial charge in [0.05, 0.1) is 6.04 Å². The highest BCUT2D eigenvalue weighted by Crippen LogP contribution is 2.22. The first kappa shape index (κ1) is 15.7. The van der Waals surface area contributed by atoms with E-state index in [1.165, 1.54) is 10.4 Å². The highest BCUT2D eigenvalue weighted by atomic mass is 79.9. The fraction of sp³-hybridized carbons (Fsp3) is 0.353. The summed E-state index contributed by atoms with van der Waals surface area (Å²) in [6.45, 7) is 2.45. The van der Waals surface area contributed by atoms with E-state index in [9.17, 15) is 4.79 Å². The van der Waals surface area contributed by atoms with Crippen LogP contribution in [0, 0.1) is 0 Å². The number of thiophene rings is 1. The van der Waals surface area contributed by atoms with Crippen molar-refractivity contribution in [2.24, 2.45) is 0 Å². The van der Waals surface area contributed by atoms with Crippen molar-refractivity contribution in [1.29, 1.82) is 0 Å². The summed E-state index contributed by atoms with van der Waals surface area (Å²) in [6, 6.07) is 12.7. The Labute approximate surface area is 143 Å². The maximum atomic E-state index is 11.9. The molecule has 0 unspecified atom stereocenters. The lowest BCUT2D eigenvalue weighted by atomic mass is 10.1. The summed E-state index contributed by atoms with van der Waals surface area (Å²) in [5, 5.41) is 5.70. The number of carbonyl (C=O) groups is 1. The van der Waals surface area contributed by atoms with Crippen LogP contribution in [0.4, 0.5) is 0 Å².